The normalized spacial score (nSPS) is 12.7. The van der Waals surface area contributed by atoms with E-state index in [4.69, 9.17) is 10.3 Å². The van der Waals surface area contributed by atoms with Crippen LogP contribution in [0.25, 0.3) is 0 Å². The largest absolute Gasteiger partial charge is 0.469 e. The second-order valence-electron chi connectivity index (χ2n) is 4.09. The first-order valence-corrected chi connectivity index (χ1v) is 5.56. The van der Waals surface area contributed by atoms with Gasteiger partial charge in [-0.2, -0.15) is 0 Å². The molecule has 1 heterocycles. The van der Waals surface area contributed by atoms with Crippen LogP contribution in [0.1, 0.15) is 22.9 Å². The number of aryl methyl sites for hydroxylation is 1. The molecule has 0 saturated carbocycles. The van der Waals surface area contributed by atoms with Crippen molar-refractivity contribution in [3.8, 4) is 0 Å². The summed E-state index contributed by atoms with van der Waals surface area (Å²) in [6, 6.07) is 5.02. The third kappa shape index (κ3) is 2.57. The molecule has 0 bridgehead atoms. The Labute approximate surface area is 104 Å². The SMILES string of the molecule is Cc1occc1C(Cc1ccc(F)cc1F)NN. The maximum Gasteiger partial charge on any atom is 0.129 e. The van der Waals surface area contributed by atoms with Crippen molar-refractivity contribution in [1.82, 2.24) is 5.43 Å². The average molecular weight is 252 g/mol. The summed E-state index contributed by atoms with van der Waals surface area (Å²) in [5, 5.41) is 0. The number of hydrogen-bond acceptors (Lipinski definition) is 3. The summed E-state index contributed by atoms with van der Waals surface area (Å²) in [6.45, 7) is 1.81. The molecule has 0 amide bonds. The van der Waals surface area contributed by atoms with Crippen molar-refractivity contribution in [2.75, 3.05) is 0 Å². The molecule has 0 saturated heterocycles. The van der Waals surface area contributed by atoms with Crippen LogP contribution in [0.5, 0.6) is 0 Å². The first-order chi connectivity index (χ1) is 8.61. The van der Waals surface area contributed by atoms with E-state index < -0.39 is 11.6 Å². The quantitative estimate of drug-likeness (QED) is 0.649. The summed E-state index contributed by atoms with van der Waals surface area (Å²) < 4.78 is 31.6. The lowest BCUT2D eigenvalue weighted by molar-refractivity contribution is 0.493. The summed E-state index contributed by atoms with van der Waals surface area (Å²) in [6.07, 6.45) is 1.87. The van der Waals surface area contributed by atoms with Gasteiger partial charge in [-0.05, 0) is 31.0 Å². The van der Waals surface area contributed by atoms with Crippen LogP contribution in [-0.4, -0.2) is 0 Å². The highest BCUT2D eigenvalue weighted by molar-refractivity contribution is 5.25. The van der Waals surface area contributed by atoms with Crippen LogP contribution in [0.15, 0.2) is 34.9 Å². The Bertz CT molecular complexity index is 540. The summed E-state index contributed by atoms with van der Waals surface area (Å²) in [5.41, 5.74) is 3.88. The van der Waals surface area contributed by atoms with Gasteiger partial charge in [0.05, 0.1) is 12.3 Å². The number of benzene rings is 1. The monoisotopic (exact) mass is 252 g/mol. The third-order valence-corrected chi connectivity index (χ3v) is 2.91. The predicted octanol–water partition coefficient (Wildman–Crippen LogP) is 2.61. The van der Waals surface area contributed by atoms with E-state index in [0.29, 0.717) is 12.0 Å². The summed E-state index contributed by atoms with van der Waals surface area (Å²) >= 11 is 0. The van der Waals surface area contributed by atoms with E-state index in [2.05, 4.69) is 5.43 Å². The molecule has 0 fully saturated rings. The Morgan fingerprint density at radius 2 is 2.11 bits per heavy atom. The molecule has 0 spiro atoms. The van der Waals surface area contributed by atoms with Crippen molar-refractivity contribution < 1.29 is 13.2 Å². The van der Waals surface area contributed by atoms with Crippen LogP contribution >= 0.6 is 0 Å². The maximum absolute atomic E-state index is 13.6. The summed E-state index contributed by atoms with van der Waals surface area (Å²) in [5.74, 6) is 5.03. The molecular weight excluding hydrogens is 238 g/mol. The fourth-order valence-corrected chi connectivity index (χ4v) is 1.92. The van der Waals surface area contributed by atoms with Crippen LogP contribution in [0.4, 0.5) is 8.78 Å². The van der Waals surface area contributed by atoms with Gasteiger partial charge in [-0.25, -0.2) is 8.78 Å². The number of hydrazine groups is 1. The number of rotatable bonds is 4. The second-order valence-corrected chi connectivity index (χ2v) is 4.09. The van der Waals surface area contributed by atoms with Gasteiger partial charge < -0.3 is 4.42 Å². The van der Waals surface area contributed by atoms with Gasteiger partial charge in [0, 0.05) is 11.6 Å². The molecule has 3 N–H and O–H groups in total. The first kappa shape index (κ1) is 12.7. The zero-order chi connectivity index (χ0) is 13.1. The van der Waals surface area contributed by atoms with Crippen LogP contribution in [-0.2, 0) is 6.42 Å². The summed E-state index contributed by atoms with van der Waals surface area (Å²) in [4.78, 5) is 0. The second kappa shape index (κ2) is 5.29. The van der Waals surface area contributed by atoms with E-state index in [1.54, 1.807) is 19.3 Å². The standard InChI is InChI=1S/C13H14F2N2O/c1-8-11(4-5-18-8)13(17-16)6-9-2-3-10(14)7-12(9)15/h2-5,7,13,17H,6,16H2,1H3. The lowest BCUT2D eigenvalue weighted by Gasteiger charge is -2.15. The molecule has 5 heteroatoms. The van der Waals surface area contributed by atoms with Gasteiger partial charge in [0.2, 0.25) is 0 Å². The van der Waals surface area contributed by atoms with Gasteiger partial charge in [0.1, 0.15) is 17.4 Å². The van der Waals surface area contributed by atoms with Gasteiger partial charge in [0.25, 0.3) is 0 Å². The van der Waals surface area contributed by atoms with Crippen molar-refractivity contribution >= 4 is 0 Å². The Morgan fingerprint density at radius 1 is 1.33 bits per heavy atom. The molecule has 2 aromatic rings. The zero-order valence-electron chi connectivity index (χ0n) is 9.91. The van der Waals surface area contributed by atoms with Crippen molar-refractivity contribution in [3.63, 3.8) is 0 Å². The van der Waals surface area contributed by atoms with Crippen molar-refractivity contribution in [1.29, 1.82) is 0 Å². The molecular formula is C13H14F2N2O. The number of nitrogens with two attached hydrogens (primary N) is 1. The fraction of sp³-hybridized carbons (Fsp3) is 0.231. The van der Waals surface area contributed by atoms with E-state index in [9.17, 15) is 8.78 Å². The molecule has 0 aliphatic rings. The molecule has 3 nitrogen and oxygen atoms in total. The van der Waals surface area contributed by atoms with Crippen LogP contribution in [0.3, 0.4) is 0 Å². The summed E-state index contributed by atoms with van der Waals surface area (Å²) in [7, 11) is 0. The molecule has 1 aromatic heterocycles. The van der Waals surface area contributed by atoms with Gasteiger partial charge in [-0.1, -0.05) is 6.07 Å². The molecule has 0 aliphatic carbocycles. The van der Waals surface area contributed by atoms with Gasteiger partial charge in [-0.15, -0.1) is 0 Å². The van der Waals surface area contributed by atoms with E-state index in [1.165, 1.54) is 12.1 Å². The Morgan fingerprint density at radius 3 is 2.67 bits per heavy atom. The molecule has 1 unspecified atom stereocenters. The minimum atomic E-state index is -0.590. The maximum atomic E-state index is 13.6. The molecule has 1 aromatic carbocycles. The minimum absolute atomic E-state index is 0.274. The molecule has 0 aliphatic heterocycles. The van der Waals surface area contributed by atoms with E-state index in [-0.39, 0.29) is 6.04 Å². The highest BCUT2D eigenvalue weighted by atomic mass is 19.1. The van der Waals surface area contributed by atoms with Gasteiger partial charge in [-0.3, -0.25) is 11.3 Å². The minimum Gasteiger partial charge on any atom is -0.469 e. The highest BCUT2D eigenvalue weighted by Crippen LogP contribution is 2.23. The van der Waals surface area contributed by atoms with E-state index in [1.807, 2.05) is 0 Å². The Balaban J connectivity index is 2.23. The number of furan rings is 1. The lowest BCUT2D eigenvalue weighted by atomic mass is 9.99. The number of nitrogens with one attached hydrogen (secondary N) is 1. The van der Waals surface area contributed by atoms with Crippen LogP contribution < -0.4 is 11.3 Å². The highest BCUT2D eigenvalue weighted by Gasteiger charge is 2.17. The van der Waals surface area contributed by atoms with Gasteiger partial charge in [0.15, 0.2) is 0 Å². The zero-order valence-corrected chi connectivity index (χ0v) is 9.91. The Hall–Kier alpha value is -1.72. The van der Waals surface area contributed by atoms with E-state index in [0.717, 1.165) is 17.4 Å². The average Bonchev–Trinajstić information content (AvgIpc) is 2.75. The first-order valence-electron chi connectivity index (χ1n) is 5.56. The molecule has 96 valence electrons. The van der Waals surface area contributed by atoms with E-state index >= 15 is 0 Å². The number of halogens is 2. The number of hydrogen-bond donors (Lipinski definition) is 2. The van der Waals surface area contributed by atoms with Crippen molar-refractivity contribution in [2.45, 2.75) is 19.4 Å². The van der Waals surface area contributed by atoms with Crippen molar-refractivity contribution in [2.24, 2.45) is 5.84 Å². The molecule has 2 rings (SSSR count). The Kier molecular flexibility index (Phi) is 3.74. The van der Waals surface area contributed by atoms with Gasteiger partial charge >= 0.3 is 0 Å². The molecule has 18 heavy (non-hydrogen) atoms. The van der Waals surface area contributed by atoms with Crippen molar-refractivity contribution in [3.05, 3.63) is 59.1 Å². The smallest absolute Gasteiger partial charge is 0.129 e. The predicted molar refractivity (Wildman–Crippen MR) is 63.6 cm³/mol. The lowest BCUT2D eigenvalue weighted by Crippen LogP contribution is -2.30. The fourth-order valence-electron chi connectivity index (χ4n) is 1.92. The molecule has 1 atom stereocenters. The van der Waals surface area contributed by atoms with Crippen LogP contribution in [0, 0.1) is 18.6 Å². The van der Waals surface area contributed by atoms with Crippen LogP contribution in [0.2, 0.25) is 0 Å². The molecule has 0 radical (unpaired) electrons. The third-order valence-electron chi connectivity index (χ3n) is 2.91. The topological polar surface area (TPSA) is 51.2 Å².